The van der Waals surface area contributed by atoms with Crippen LogP contribution in [0.25, 0.3) is 0 Å². The van der Waals surface area contributed by atoms with Crippen LogP contribution in [0.3, 0.4) is 0 Å². The van der Waals surface area contributed by atoms with Crippen LogP contribution in [0.15, 0.2) is 53.4 Å². The highest BCUT2D eigenvalue weighted by Crippen LogP contribution is 2.26. The third-order valence-electron chi connectivity index (χ3n) is 2.78. The van der Waals surface area contributed by atoms with Crippen LogP contribution < -0.4 is 11.1 Å². The molecule has 0 radical (unpaired) electrons. The maximum Gasteiger partial charge on any atom is 0.228 e. The van der Waals surface area contributed by atoms with Gasteiger partial charge in [0.05, 0.1) is 12.1 Å². The Kier molecular flexibility index (Phi) is 5.07. The molecular formula is C16H18N2OS. The molecule has 0 aliphatic carbocycles. The molecule has 0 spiro atoms. The molecule has 0 unspecified atom stereocenters. The smallest absolute Gasteiger partial charge is 0.228 e. The number of para-hydroxylation sites is 1. The molecule has 2 aromatic rings. The van der Waals surface area contributed by atoms with E-state index in [4.69, 9.17) is 5.73 Å². The van der Waals surface area contributed by atoms with Gasteiger partial charge in [-0.05, 0) is 35.6 Å². The van der Waals surface area contributed by atoms with Crippen molar-refractivity contribution in [3.63, 3.8) is 0 Å². The van der Waals surface area contributed by atoms with Crippen LogP contribution in [-0.4, -0.2) is 11.7 Å². The largest absolute Gasteiger partial charge is 0.399 e. The molecule has 2 aromatic carbocycles. The van der Waals surface area contributed by atoms with E-state index >= 15 is 0 Å². The Morgan fingerprint density at radius 1 is 1.20 bits per heavy atom. The number of nitrogens with one attached hydrogen (secondary N) is 1. The molecule has 3 N–H and O–H groups in total. The van der Waals surface area contributed by atoms with Crippen molar-refractivity contribution in [2.75, 3.05) is 16.8 Å². The molecule has 4 heteroatoms. The van der Waals surface area contributed by atoms with Crippen molar-refractivity contribution in [1.29, 1.82) is 0 Å². The maximum absolute atomic E-state index is 12.1. The molecule has 2 rings (SSSR count). The van der Waals surface area contributed by atoms with Gasteiger partial charge in [-0.25, -0.2) is 0 Å². The van der Waals surface area contributed by atoms with Crippen LogP contribution >= 0.6 is 11.8 Å². The van der Waals surface area contributed by atoms with Gasteiger partial charge in [0.2, 0.25) is 5.91 Å². The average Bonchev–Trinajstić information content (AvgIpc) is 2.41. The topological polar surface area (TPSA) is 55.1 Å². The van der Waals surface area contributed by atoms with Gasteiger partial charge in [0.25, 0.3) is 0 Å². The van der Waals surface area contributed by atoms with E-state index in [1.165, 1.54) is 0 Å². The second kappa shape index (κ2) is 7.01. The van der Waals surface area contributed by atoms with E-state index < -0.39 is 0 Å². The average molecular weight is 286 g/mol. The number of benzene rings is 2. The fourth-order valence-corrected chi connectivity index (χ4v) is 2.69. The predicted octanol–water partition coefficient (Wildman–Crippen LogP) is 3.56. The summed E-state index contributed by atoms with van der Waals surface area (Å²) in [6, 6.07) is 15.3. The molecular weight excluding hydrogens is 268 g/mol. The number of anilines is 2. The zero-order valence-corrected chi connectivity index (χ0v) is 12.2. The monoisotopic (exact) mass is 286 g/mol. The summed E-state index contributed by atoms with van der Waals surface area (Å²) in [7, 11) is 0. The summed E-state index contributed by atoms with van der Waals surface area (Å²) in [6.07, 6.45) is 0.330. The summed E-state index contributed by atoms with van der Waals surface area (Å²) in [5, 5.41) is 2.96. The van der Waals surface area contributed by atoms with Crippen LogP contribution in [0, 0.1) is 0 Å². The second-order valence-electron chi connectivity index (χ2n) is 4.40. The summed E-state index contributed by atoms with van der Waals surface area (Å²) in [5.74, 6) is 0.946. The lowest BCUT2D eigenvalue weighted by molar-refractivity contribution is -0.115. The normalized spacial score (nSPS) is 10.2. The quantitative estimate of drug-likeness (QED) is 0.652. The van der Waals surface area contributed by atoms with Crippen molar-refractivity contribution in [3.05, 3.63) is 54.1 Å². The fourth-order valence-electron chi connectivity index (χ4n) is 1.93. The van der Waals surface area contributed by atoms with Crippen molar-refractivity contribution in [2.45, 2.75) is 18.2 Å². The number of hydrogen-bond donors (Lipinski definition) is 2. The number of thioether (sulfide) groups is 1. The summed E-state index contributed by atoms with van der Waals surface area (Å²) >= 11 is 1.72. The Hall–Kier alpha value is -1.94. The summed E-state index contributed by atoms with van der Waals surface area (Å²) in [6.45, 7) is 2.09. The zero-order valence-electron chi connectivity index (χ0n) is 11.4. The van der Waals surface area contributed by atoms with Gasteiger partial charge in [-0.1, -0.05) is 31.2 Å². The van der Waals surface area contributed by atoms with E-state index in [0.29, 0.717) is 12.1 Å². The van der Waals surface area contributed by atoms with Crippen molar-refractivity contribution in [1.82, 2.24) is 0 Å². The molecule has 0 fully saturated rings. The molecule has 0 aliphatic rings. The van der Waals surface area contributed by atoms with Crippen LogP contribution in [0.1, 0.15) is 12.5 Å². The Balaban J connectivity index is 2.05. The van der Waals surface area contributed by atoms with Crippen molar-refractivity contribution in [2.24, 2.45) is 0 Å². The minimum Gasteiger partial charge on any atom is -0.399 e. The molecule has 1 amide bonds. The van der Waals surface area contributed by atoms with E-state index in [9.17, 15) is 4.79 Å². The van der Waals surface area contributed by atoms with E-state index in [2.05, 4.69) is 12.2 Å². The highest BCUT2D eigenvalue weighted by Gasteiger charge is 2.07. The first-order valence-electron chi connectivity index (χ1n) is 6.55. The minimum atomic E-state index is -0.0280. The van der Waals surface area contributed by atoms with E-state index in [1.807, 2.05) is 48.5 Å². The third kappa shape index (κ3) is 4.03. The number of amides is 1. The number of hydrogen-bond acceptors (Lipinski definition) is 3. The lowest BCUT2D eigenvalue weighted by Gasteiger charge is -2.10. The summed E-state index contributed by atoms with van der Waals surface area (Å²) < 4.78 is 0. The zero-order chi connectivity index (χ0) is 14.4. The van der Waals surface area contributed by atoms with E-state index in [-0.39, 0.29) is 5.91 Å². The first-order chi connectivity index (χ1) is 9.69. The van der Waals surface area contributed by atoms with Crippen LogP contribution in [0.4, 0.5) is 11.4 Å². The third-order valence-corrected chi connectivity index (χ3v) is 3.73. The van der Waals surface area contributed by atoms with Gasteiger partial charge in [-0.3, -0.25) is 4.79 Å². The molecule has 0 bridgehead atoms. The van der Waals surface area contributed by atoms with E-state index in [0.717, 1.165) is 21.9 Å². The number of carbonyl (C=O) groups excluding carboxylic acids is 1. The van der Waals surface area contributed by atoms with Gasteiger partial charge in [-0.15, -0.1) is 11.8 Å². The number of carbonyl (C=O) groups is 1. The summed E-state index contributed by atoms with van der Waals surface area (Å²) in [5.41, 5.74) is 8.18. The first-order valence-corrected chi connectivity index (χ1v) is 7.53. The van der Waals surface area contributed by atoms with Gasteiger partial charge in [0.1, 0.15) is 0 Å². The Bertz CT molecular complexity index is 599. The Morgan fingerprint density at radius 3 is 2.75 bits per heavy atom. The molecule has 0 atom stereocenters. The van der Waals surface area contributed by atoms with Crippen molar-refractivity contribution < 1.29 is 4.79 Å². The maximum atomic E-state index is 12.1. The Morgan fingerprint density at radius 2 is 2.00 bits per heavy atom. The molecule has 0 heterocycles. The van der Waals surface area contributed by atoms with Crippen molar-refractivity contribution in [3.8, 4) is 0 Å². The lowest BCUT2D eigenvalue weighted by Crippen LogP contribution is -2.15. The SMILES string of the molecule is CCSc1ccccc1NC(=O)Cc1cccc(N)c1. The molecule has 0 aliphatic heterocycles. The fraction of sp³-hybridized carbons (Fsp3) is 0.188. The second-order valence-corrected chi connectivity index (χ2v) is 5.71. The number of rotatable bonds is 5. The predicted molar refractivity (Wildman–Crippen MR) is 86.0 cm³/mol. The summed E-state index contributed by atoms with van der Waals surface area (Å²) in [4.78, 5) is 13.2. The van der Waals surface area contributed by atoms with E-state index in [1.54, 1.807) is 11.8 Å². The molecule has 20 heavy (non-hydrogen) atoms. The van der Waals surface area contributed by atoms with Gasteiger partial charge in [-0.2, -0.15) is 0 Å². The minimum absolute atomic E-state index is 0.0280. The van der Waals surface area contributed by atoms with Crippen LogP contribution in [-0.2, 0) is 11.2 Å². The lowest BCUT2D eigenvalue weighted by atomic mass is 10.1. The molecule has 0 aromatic heterocycles. The van der Waals surface area contributed by atoms with Crippen LogP contribution in [0.5, 0.6) is 0 Å². The highest BCUT2D eigenvalue weighted by atomic mass is 32.2. The van der Waals surface area contributed by atoms with Crippen molar-refractivity contribution >= 4 is 29.0 Å². The molecule has 0 saturated heterocycles. The first kappa shape index (κ1) is 14.5. The van der Waals surface area contributed by atoms with Crippen LogP contribution in [0.2, 0.25) is 0 Å². The van der Waals surface area contributed by atoms with Gasteiger partial charge in [0.15, 0.2) is 0 Å². The van der Waals surface area contributed by atoms with Gasteiger partial charge < -0.3 is 11.1 Å². The van der Waals surface area contributed by atoms with Gasteiger partial charge >= 0.3 is 0 Å². The number of nitrogen functional groups attached to an aromatic ring is 1. The highest BCUT2D eigenvalue weighted by molar-refractivity contribution is 7.99. The molecule has 0 saturated carbocycles. The van der Waals surface area contributed by atoms with Gasteiger partial charge in [0, 0.05) is 10.6 Å². The Labute approximate surface area is 123 Å². The molecule has 104 valence electrons. The number of nitrogens with two attached hydrogens (primary N) is 1. The standard InChI is InChI=1S/C16H18N2OS/c1-2-20-15-9-4-3-8-14(15)18-16(19)11-12-6-5-7-13(17)10-12/h3-10H,2,11,17H2,1H3,(H,18,19). The molecule has 3 nitrogen and oxygen atoms in total.